The normalized spacial score (nSPS) is 12.7. The lowest BCUT2D eigenvalue weighted by Crippen LogP contribution is -2.33. The fraction of sp³-hybridized carbons (Fsp3) is 0.379. The van der Waals surface area contributed by atoms with Gasteiger partial charge >= 0.3 is 0 Å². The molecule has 2 heterocycles. The minimum absolute atomic E-state index is 0.0454. The highest BCUT2D eigenvalue weighted by molar-refractivity contribution is 5.89. The van der Waals surface area contributed by atoms with Crippen LogP contribution in [-0.2, 0) is 17.6 Å². The SMILES string of the molecule is CCCc1c(CCC(=O)/C=C\C(C)(C)C)nc(C)n(C(c2ccccc2)c2ccccn2)c1=O. The lowest BCUT2D eigenvalue weighted by atomic mass is 9.95. The van der Waals surface area contributed by atoms with Gasteiger partial charge in [0.1, 0.15) is 11.9 Å². The highest BCUT2D eigenvalue weighted by atomic mass is 16.1. The third-order valence-electron chi connectivity index (χ3n) is 5.69. The topological polar surface area (TPSA) is 64.8 Å². The number of carbonyl (C=O) groups is 1. The maximum atomic E-state index is 13.9. The molecule has 0 spiro atoms. The zero-order valence-corrected chi connectivity index (χ0v) is 20.9. The lowest BCUT2D eigenvalue weighted by molar-refractivity contribution is -0.114. The second kappa shape index (κ2) is 11.2. The van der Waals surface area contributed by atoms with Gasteiger partial charge in [-0.2, -0.15) is 0 Å². The summed E-state index contributed by atoms with van der Waals surface area (Å²) in [6.45, 7) is 10.1. The number of rotatable bonds is 9. The Labute approximate surface area is 202 Å². The van der Waals surface area contributed by atoms with Gasteiger partial charge in [-0.3, -0.25) is 19.1 Å². The molecule has 0 aliphatic carbocycles. The van der Waals surface area contributed by atoms with Crippen LogP contribution in [0.1, 0.15) is 74.9 Å². The number of aromatic nitrogens is 3. The van der Waals surface area contributed by atoms with Crippen molar-refractivity contribution in [3.63, 3.8) is 0 Å². The number of carbonyl (C=O) groups excluding carboxylic acids is 1. The molecule has 1 unspecified atom stereocenters. The van der Waals surface area contributed by atoms with Crippen LogP contribution in [0.25, 0.3) is 0 Å². The number of benzene rings is 1. The Morgan fingerprint density at radius 2 is 1.76 bits per heavy atom. The Balaban J connectivity index is 2.05. The van der Waals surface area contributed by atoms with E-state index in [4.69, 9.17) is 4.98 Å². The number of hydrogen-bond donors (Lipinski definition) is 0. The molecular formula is C29H35N3O2. The molecule has 5 heteroatoms. The molecule has 3 rings (SSSR count). The van der Waals surface area contributed by atoms with Crippen LogP contribution in [-0.4, -0.2) is 20.3 Å². The molecule has 0 amide bonds. The smallest absolute Gasteiger partial charge is 0.257 e. The van der Waals surface area contributed by atoms with E-state index in [0.717, 1.165) is 23.4 Å². The van der Waals surface area contributed by atoms with Crippen molar-refractivity contribution >= 4 is 5.78 Å². The van der Waals surface area contributed by atoms with Crippen molar-refractivity contribution in [2.45, 2.75) is 66.3 Å². The summed E-state index contributed by atoms with van der Waals surface area (Å²) in [6.07, 6.45) is 7.57. The molecule has 0 bridgehead atoms. The maximum Gasteiger partial charge on any atom is 0.257 e. The summed E-state index contributed by atoms with van der Waals surface area (Å²) in [4.78, 5) is 35.8. The monoisotopic (exact) mass is 457 g/mol. The Bertz CT molecular complexity index is 1150. The fourth-order valence-electron chi connectivity index (χ4n) is 4.04. The zero-order chi connectivity index (χ0) is 24.7. The Morgan fingerprint density at radius 1 is 1.06 bits per heavy atom. The summed E-state index contributed by atoms with van der Waals surface area (Å²) < 4.78 is 1.76. The van der Waals surface area contributed by atoms with Crippen LogP contribution in [0.5, 0.6) is 0 Å². The predicted octanol–water partition coefficient (Wildman–Crippen LogP) is 5.64. The van der Waals surface area contributed by atoms with Crippen molar-refractivity contribution in [3.05, 3.63) is 106 Å². The molecular weight excluding hydrogens is 422 g/mol. The van der Waals surface area contributed by atoms with Crippen LogP contribution >= 0.6 is 0 Å². The van der Waals surface area contributed by atoms with Gasteiger partial charge in [0.05, 0.1) is 11.4 Å². The van der Waals surface area contributed by atoms with Gasteiger partial charge in [0.2, 0.25) is 0 Å². The van der Waals surface area contributed by atoms with E-state index < -0.39 is 0 Å². The Hall–Kier alpha value is -3.34. The number of allylic oxidation sites excluding steroid dienone is 2. The highest BCUT2D eigenvalue weighted by Gasteiger charge is 2.24. The van der Waals surface area contributed by atoms with E-state index in [2.05, 4.69) is 32.7 Å². The van der Waals surface area contributed by atoms with Gasteiger partial charge in [-0.05, 0) is 49.0 Å². The summed E-state index contributed by atoms with van der Waals surface area (Å²) in [5.41, 5.74) is 3.09. The molecule has 0 aliphatic rings. The average Bonchev–Trinajstić information content (AvgIpc) is 2.81. The van der Waals surface area contributed by atoms with E-state index >= 15 is 0 Å². The summed E-state index contributed by atoms with van der Waals surface area (Å²) in [6, 6.07) is 15.3. The summed E-state index contributed by atoms with van der Waals surface area (Å²) in [5, 5.41) is 0. The minimum atomic E-state index is -0.372. The predicted molar refractivity (Wildman–Crippen MR) is 137 cm³/mol. The molecule has 0 fully saturated rings. The molecule has 34 heavy (non-hydrogen) atoms. The van der Waals surface area contributed by atoms with Crippen LogP contribution in [0.3, 0.4) is 0 Å². The first-order chi connectivity index (χ1) is 16.2. The van der Waals surface area contributed by atoms with E-state index in [9.17, 15) is 9.59 Å². The molecule has 0 N–H and O–H groups in total. The first-order valence-electron chi connectivity index (χ1n) is 12.0. The first-order valence-corrected chi connectivity index (χ1v) is 12.0. The van der Waals surface area contributed by atoms with Crippen molar-refractivity contribution in [3.8, 4) is 0 Å². The van der Waals surface area contributed by atoms with Crippen molar-refractivity contribution in [2.75, 3.05) is 0 Å². The summed E-state index contributed by atoms with van der Waals surface area (Å²) >= 11 is 0. The average molecular weight is 458 g/mol. The lowest BCUT2D eigenvalue weighted by Gasteiger charge is -2.24. The molecule has 0 saturated heterocycles. The van der Waals surface area contributed by atoms with E-state index in [0.29, 0.717) is 30.7 Å². The molecule has 3 aromatic rings. The molecule has 178 valence electrons. The molecule has 1 atom stereocenters. The van der Waals surface area contributed by atoms with Crippen LogP contribution in [0.15, 0.2) is 71.7 Å². The van der Waals surface area contributed by atoms with Crippen LogP contribution in [0.2, 0.25) is 0 Å². The van der Waals surface area contributed by atoms with Crippen molar-refractivity contribution in [2.24, 2.45) is 5.41 Å². The van der Waals surface area contributed by atoms with E-state index in [1.54, 1.807) is 16.8 Å². The van der Waals surface area contributed by atoms with Gasteiger partial charge in [-0.25, -0.2) is 4.98 Å². The van der Waals surface area contributed by atoms with Crippen LogP contribution in [0, 0.1) is 12.3 Å². The third kappa shape index (κ3) is 6.37. The Kier molecular flexibility index (Phi) is 8.32. The van der Waals surface area contributed by atoms with E-state index in [1.165, 1.54) is 0 Å². The first kappa shape index (κ1) is 25.3. The van der Waals surface area contributed by atoms with Crippen LogP contribution < -0.4 is 5.56 Å². The van der Waals surface area contributed by atoms with Crippen molar-refractivity contribution < 1.29 is 4.79 Å². The largest absolute Gasteiger partial charge is 0.295 e. The number of nitrogens with zero attached hydrogens (tertiary/aromatic N) is 3. The second-order valence-electron chi connectivity index (χ2n) is 9.74. The molecule has 0 radical (unpaired) electrons. The van der Waals surface area contributed by atoms with Crippen molar-refractivity contribution in [1.29, 1.82) is 0 Å². The minimum Gasteiger partial charge on any atom is -0.295 e. The van der Waals surface area contributed by atoms with Crippen LogP contribution in [0.4, 0.5) is 0 Å². The van der Waals surface area contributed by atoms with Gasteiger partial charge < -0.3 is 0 Å². The fourth-order valence-corrected chi connectivity index (χ4v) is 4.04. The number of pyridine rings is 1. The highest BCUT2D eigenvalue weighted by Crippen LogP contribution is 2.25. The number of aryl methyl sites for hydroxylation is 2. The zero-order valence-electron chi connectivity index (χ0n) is 20.9. The number of hydrogen-bond acceptors (Lipinski definition) is 4. The van der Waals surface area contributed by atoms with Gasteiger partial charge in [-0.1, -0.05) is 76.6 Å². The third-order valence-corrected chi connectivity index (χ3v) is 5.69. The van der Waals surface area contributed by atoms with E-state index in [-0.39, 0.29) is 22.8 Å². The molecule has 0 saturated carbocycles. The Morgan fingerprint density at radius 3 is 2.38 bits per heavy atom. The van der Waals surface area contributed by atoms with Crippen molar-refractivity contribution in [1.82, 2.24) is 14.5 Å². The molecule has 1 aromatic carbocycles. The maximum absolute atomic E-state index is 13.9. The second-order valence-corrected chi connectivity index (χ2v) is 9.74. The standard InChI is InChI=1S/C29H35N3O2/c1-6-12-24-25(17-16-23(33)18-19-29(3,4)5)31-21(2)32(28(24)34)27(22-13-8-7-9-14-22)26-15-10-11-20-30-26/h7-11,13-15,18-20,27H,6,12,16-17H2,1-5H3/b19-18-. The van der Waals surface area contributed by atoms with Gasteiger partial charge in [0.25, 0.3) is 5.56 Å². The van der Waals surface area contributed by atoms with Gasteiger partial charge in [-0.15, -0.1) is 0 Å². The summed E-state index contributed by atoms with van der Waals surface area (Å²) in [5.74, 6) is 0.675. The molecule has 0 aliphatic heterocycles. The molecule has 2 aromatic heterocycles. The summed E-state index contributed by atoms with van der Waals surface area (Å²) in [7, 11) is 0. The quantitative estimate of drug-likeness (QED) is 0.390. The van der Waals surface area contributed by atoms with Gasteiger partial charge in [0.15, 0.2) is 5.78 Å². The molecule has 5 nitrogen and oxygen atoms in total. The number of ketones is 1. The van der Waals surface area contributed by atoms with E-state index in [1.807, 2.05) is 61.5 Å². The van der Waals surface area contributed by atoms with Gasteiger partial charge in [0, 0.05) is 18.2 Å².